The summed E-state index contributed by atoms with van der Waals surface area (Å²) in [5, 5.41) is 8.30. The number of amides is 1. The first-order chi connectivity index (χ1) is 18.8. The number of hydrogen-bond donors (Lipinski definition) is 3. The standard InChI is InChI=1S/C25H31F3N8O3S/c1-35(2)14-6-13-30-23(37)17-8-10-19(11-9-17)33-24-32-16-20(25(26,27)28)21(34-24)31-15-18-7-5-12-29-22(18)36(3)40(4,38)39/h5,7-12,16H,6,13-15H2,1-4H3,(H,30,37)(H2,31,32,33,34). The lowest BCUT2D eigenvalue weighted by molar-refractivity contribution is -0.137. The first kappa shape index (κ1) is 30.6. The molecule has 3 N–H and O–H groups in total. The molecule has 0 saturated carbocycles. The molecular formula is C25H31F3N8O3S. The van der Waals surface area contributed by atoms with Crippen LogP contribution >= 0.6 is 0 Å². The van der Waals surface area contributed by atoms with E-state index in [-0.39, 0.29) is 24.2 Å². The van der Waals surface area contributed by atoms with Crippen molar-refractivity contribution < 1.29 is 26.4 Å². The molecule has 0 atom stereocenters. The number of sulfonamides is 1. The smallest absolute Gasteiger partial charge is 0.365 e. The Morgan fingerprint density at radius 2 is 1.75 bits per heavy atom. The van der Waals surface area contributed by atoms with Crippen LogP contribution in [0.5, 0.6) is 0 Å². The van der Waals surface area contributed by atoms with Crippen molar-refractivity contribution >= 4 is 39.2 Å². The number of nitrogens with one attached hydrogen (secondary N) is 3. The van der Waals surface area contributed by atoms with Gasteiger partial charge in [-0.15, -0.1) is 0 Å². The summed E-state index contributed by atoms with van der Waals surface area (Å²) < 4.78 is 65.9. The molecule has 2 aromatic heterocycles. The third-order valence-electron chi connectivity index (χ3n) is 5.67. The number of anilines is 4. The van der Waals surface area contributed by atoms with Gasteiger partial charge in [0, 0.05) is 49.3 Å². The fraction of sp³-hybridized carbons (Fsp3) is 0.360. The van der Waals surface area contributed by atoms with E-state index < -0.39 is 27.6 Å². The normalized spacial score (nSPS) is 11.8. The number of rotatable bonds is 12. The molecule has 0 bridgehead atoms. The minimum atomic E-state index is -4.75. The summed E-state index contributed by atoms with van der Waals surface area (Å²) in [5.41, 5.74) is 0.130. The van der Waals surface area contributed by atoms with E-state index in [2.05, 4.69) is 30.9 Å². The summed E-state index contributed by atoms with van der Waals surface area (Å²) in [6, 6.07) is 9.42. The van der Waals surface area contributed by atoms with Crippen molar-refractivity contribution in [2.75, 3.05) is 55.4 Å². The average Bonchev–Trinajstić information content (AvgIpc) is 2.89. The maximum Gasteiger partial charge on any atom is 0.421 e. The number of pyridine rings is 1. The predicted octanol–water partition coefficient (Wildman–Crippen LogP) is 3.32. The van der Waals surface area contributed by atoms with Crippen LogP contribution in [0.2, 0.25) is 0 Å². The van der Waals surface area contributed by atoms with Gasteiger partial charge >= 0.3 is 6.18 Å². The van der Waals surface area contributed by atoms with E-state index >= 15 is 0 Å². The van der Waals surface area contributed by atoms with Gasteiger partial charge in [0.2, 0.25) is 16.0 Å². The first-order valence-corrected chi connectivity index (χ1v) is 14.0. The largest absolute Gasteiger partial charge is 0.421 e. The molecule has 3 aromatic rings. The number of hydrogen-bond acceptors (Lipinski definition) is 9. The lowest BCUT2D eigenvalue weighted by Crippen LogP contribution is -2.27. The van der Waals surface area contributed by atoms with Crippen LogP contribution < -0.4 is 20.3 Å². The van der Waals surface area contributed by atoms with Crippen LogP contribution in [0, 0.1) is 0 Å². The van der Waals surface area contributed by atoms with Crippen molar-refractivity contribution in [3.8, 4) is 0 Å². The zero-order valence-electron chi connectivity index (χ0n) is 22.5. The fourth-order valence-electron chi connectivity index (χ4n) is 3.51. The van der Waals surface area contributed by atoms with Gasteiger partial charge in [-0.05, 0) is 57.4 Å². The van der Waals surface area contributed by atoms with Gasteiger partial charge in [0.15, 0.2) is 0 Å². The van der Waals surface area contributed by atoms with E-state index in [0.717, 1.165) is 23.5 Å². The van der Waals surface area contributed by atoms with Gasteiger partial charge in [-0.2, -0.15) is 18.2 Å². The van der Waals surface area contributed by atoms with Crippen LogP contribution in [0.25, 0.3) is 0 Å². The highest BCUT2D eigenvalue weighted by atomic mass is 32.2. The Morgan fingerprint density at radius 3 is 2.38 bits per heavy atom. The van der Waals surface area contributed by atoms with E-state index in [9.17, 15) is 26.4 Å². The number of carbonyl (C=O) groups excluding carboxylic acids is 1. The summed E-state index contributed by atoms with van der Waals surface area (Å²) in [6.45, 7) is 1.17. The maximum absolute atomic E-state index is 13.7. The van der Waals surface area contributed by atoms with Crippen LogP contribution in [-0.2, 0) is 22.7 Å². The van der Waals surface area contributed by atoms with Gasteiger partial charge in [0.05, 0.1) is 6.26 Å². The summed E-state index contributed by atoms with van der Waals surface area (Å²) in [5.74, 6) is -0.786. The molecule has 0 fully saturated rings. The molecule has 0 saturated heterocycles. The Balaban J connectivity index is 1.76. The van der Waals surface area contributed by atoms with E-state index in [4.69, 9.17) is 0 Å². The first-order valence-electron chi connectivity index (χ1n) is 12.1. The second-order valence-corrected chi connectivity index (χ2v) is 11.2. The quantitative estimate of drug-likeness (QED) is 0.276. The number of carbonyl (C=O) groups is 1. The number of halogens is 3. The summed E-state index contributed by atoms with van der Waals surface area (Å²) >= 11 is 0. The third kappa shape index (κ3) is 8.51. The minimum absolute atomic E-state index is 0.0697. The van der Waals surface area contributed by atoms with Gasteiger partial charge in [0.25, 0.3) is 5.91 Å². The zero-order chi connectivity index (χ0) is 29.5. The SMILES string of the molecule is CN(C)CCCNC(=O)c1ccc(Nc2ncc(C(F)(F)F)c(NCc3cccnc3N(C)S(C)(=O)=O)n2)cc1. The zero-order valence-corrected chi connectivity index (χ0v) is 23.3. The van der Waals surface area contributed by atoms with E-state index in [1.165, 1.54) is 13.2 Å². The number of benzene rings is 1. The van der Waals surface area contributed by atoms with Crippen molar-refractivity contribution in [1.29, 1.82) is 0 Å². The molecule has 0 unspecified atom stereocenters. The molecule has 1 amide bonds. The number of aromatic nitrogens is 3. The molecule has 0 spiro atoms. The minimum Gasteiger partial charge on any atom is -0.365 e. The second-order valence-electron chi connectivity index (χ2n) is 9.14. The van der Waals surface area contributed by atoms with Crippen molar-refractivity contribution in [3.05, 3.63) is 65.5 Å². The molecule has 0 aliphatic heterocycles. The van der Waals surface area contributed by atoms with E-state index in [0.29, 0.717) is 29.6 Å². The Kier molecular flexibility index (Phi) is 9.87. The van der Waals surface area contributed by atoms with Crippen LogP contribution in [0.1, 0.15) is 27.9 Å². The molecule has 0 radical (unpaired) electrons. The molecule has 1 aromatic carbocycles. The molecular weight excluding hydrogens is 549 g/mol. The highest BCUT2D eigenvalue weighted by molar-refractivity contribution is 7.92. The van der Waals surface area contributed by atoms with Gasteiger partial charge < -0.3 is 20.9 Å². The topological polar surface area (TPSA) is 132 Å². The second kappa shape index (κ2) is 12.9. The predicted molar refractivity (Wildman–Crippen MR) is 147 cm³/mol. The summed E-state index contributed by atoms with van der Waals surface area (Å²) in [4.78, 5) is 26.2. The molecule has 3 rings (SSSR count). The van der Waals surface area contributed by atoms with Gasteiger partial charge in [0.1, 0.15) is 17.2 Å². The maximum atomic E-state index is 13.7. The van der Waals surface area contributed by atoms with E-state index in [1.54, 1.807) is 36.4 Å². The Labute approximate surface area is 230 Å². The average molecular weight is 581 g/mol. The molecule has 0 aliphatic carbocycles. The Hall–Kier alpha value is -3.98. The molecule has 2 heterocycles. The summed E-state index contributed by atoms with van der Waals surface area (Å²) in [7, 11) is 1.55. The fourth-order valence-corrected chi connectivity index (χ4v) is 3.98. The van der Waals surface area contributed by atoms with Crippen molar-refractivity contribution in [3.63, 3.8) is 0 Å². The van der Waals surface area contributed by atoms with Gasteiger partial charge in [-0.1, -0.05) is 6.07 Å². The van der Waals surface area contributed by atoms with Gasteiger partial charge in [-0.25, -0.2) is 18.4 Å². The Bertz CT molecular complexity index is 1420. The Morgan fingerprint density at radius 1 is 1.05 bits per heavy atom. The molecule has 40 heavy (non-hydrogen) atoms. The van der Waals surface area contributed by atoms with Crippen LogP contribution in [0.4, 0.5) is 36.4 Å². The van der Waals surface area contributed by atoms with Crippen LogP contribution in [-0.4, -0.2) is 74.7 Å². The molecule has 15 heteroatoms. The highest BCUT2D eigenvalue weighted by Crippen LogP contribution is 2.34. The molecule has 11 nitrogen and oxygen atoms in total. The van der Waals surface area contributed by atoms with Crippen LogP contribution in [0.15, 0.2) is 48.8 Å². The monoisotopic (exact) mass is 580 g/mol. The molecule has 216 valence electrons. The van der Waals surface area contributed by atoms with Crippen molar-refractivity contribution in [1.82, 2.24) is 25.2 Å². The number of nitrogens with zero attached hydrogens (tertiary/aromatic N) is 5. The summed E-state index contributed by atoms with van der Waals surface area (Å²) in [6.07, 6.45) is -0.914. The highest BCUT2D eigenvalue weighted by Gasteiger charge is 2.35. The van der Waals surface area contributed by atoms with Crippen molar-refractivity contribution in [2.24, 2.45) is 0 Å². The lowest BCUT2D eigenvalue weighted by Gasteiger charge is -2.20. The third-order valence-corrected chi connectivity index (χ3v) is 6.84. The van der Waals surface area contributed by atoms with E-state index in [1.807, 2.05) is 19.0 Å². The lowest BCUT2D eigenvalue weighted by atomic mass is 10.2. The van der Waals surface area contributed by atoms with Crippen molar-refractivity contribution in [2.45, 2.75) is 19.1 Å². The molecule has 0 aliphatic rings. The number of alkyl halides is 3. The van der Waals surface area contributed by atoms with Gasteiger partial charge in [-0.3, -0.25) is 9.10 Å². The van der Waals surface area contributed by atoms with Crippen LogP contribution in [0.3, 0.4) is 0 Å².